The van der Waals surface area contributed by atoms with Crippen molar-refractivity contribution in [3.05, 3.63) is 21.3 Å². The maximum absolute atomic E-state index is 5.88. The Morgan fingerprint density at radius 1 is 1.47 bits per heavy atom. The van der Waals surface area contributed by atoms with Crippen LogP contribution < -0.4 is 5.32 Å². The Hall–Kier alpha value is -0.0500. The van der Waals surface area contributed by atoms with Gasteiger partial charge >= 0.3 is 0 Å². The highest BCUT2D eigenvalue weighted by atomic mass is 35.5. The maximum atomic E-state index is 5.88. The summed E-state index contributed by atoms with van der Waals surface area (Å²) in [6, 6.07) is 4.08. The Morgan fingerprint density at radius 3 is 2.80 bits per heavy atom. The SMILES string of the molecule is CCCC1(CNCc2ccc(Cl)s2)CC1. The van der Waals surface area contributed by atoms with Crippen LogP contribution in [0.25, 0.3) is 0 Å². The molecule has 1 heterocycles. The average molecular weight is 244 g/mol. The average Bonchev–Trinajstić information content (AvgIpc) is 2.83. The van der Waals surface area contributed by atoms with E-state index in [1.54, 1.807) is 11.3 Å². The monoisotopic (exact) mass is 243 g/mol. The van der Waals surface area contributed by atoms with Crippen LogP contribution in [0.15, 0.2) is 12.1 Å². The fraction of sp³-hybridized carbons (Fsp3) is 0.667. The van der Waals surface area contributed by atoms with Crippen molar-refractivity contribution in [2.75, 3.05) is 6.54 Å². The van der Waals surface area contributed by atoms with Gasteiger partial charge in [-0.05, 0) is 36.8 Å². The van der Waals surface area contributed by atoms with Crippen LogP contribution in [0, 0.1) is 5.41 Å². The van der Waals surface area contributed by atoms with Gasteiger partial charge in [-0.15, -0.1) is 11.3 Å². The molecule has 15 heavy (non-hydrogen) atoms. The summed E-state index contributed by atoms with van der Waals surface area (Å²) in [4.78, 5) is 1.34. The molecule has 0 radical (unpaired) electrons. The zero-order valence-electron chi connectivity index (χ0n) is 9.18. The van der Waals surface area contributed by atoms with Gasteiger partial charge in [-0.1, -0.05) is 24.9 Å². The standard InChI is InChI=1S/C12H18ClNS/c1-2-5-12(6-7-12)9-14-8-10-3-4-11(13)15-10/h3-4,14H,2,5-9H2,1H3. The van der Waals surface area contributed by atoms with E-state index in [4.69, 9.17) is 11.6 Å². The summed E-state index contributed by atoms with van der Waals surface area (Å²) in [7, 11) is 0. The molecule has 0 amide bonds. The van der Waals surface area contributed by atoms with Gasteiger partial charge in [0.25, 0.3) is 0 Å². The lowest BCUT2D eigenvalue weighted by atomic mass is 10.0. The normalized spacial score (nSPS) is 18.0. The van der Waals surface area contributed by atoms with Gasteiger partial charge in [0, 0.05) is 18.0 Å². The Labute approximate surface area is 101 Å². The van der Waals surface area contributed by atoms with Crippen LogP contribution in [0.1, 0.15) is 37.5 Å². The third kappa shape index (κ3) is 3.20. The number of hydrogen-bond acceptors (Lipinski definition) is 2. The maximum Gasteiger partial charge on any atom is 0.0931 e. The molecular weight excluding hydrogens is 226 g/mol. The predicted octanol–water partition coefficient (Wildman–Crippen LogP) is 4.07. The topological polar surface area (TPSA) is 12.0 Å². The highest BCUT2D eigenvalue weighted by molar-refractivity contribution is 7.16. The molecule has 0 aliphatic heterocycles. The van der Waals surface area contributed by atoms with Crippen LogP contribution in [-0.4, -0.2) is 6.54 Å². The van der Waals surface area contributed by atoms with Gasteiger partial charge in [0.05, 0.1) is 4.34 Å². The summed E-state index contributed by atoms with van der Waals surface area (Å²) in [6.07, 6.45) is 5.52. The van der Waals surface area contributed by atoms with E-state index in [0.29, 0.717) is 5.41 Å². The Kier molecular flexibility index (Phi) is 3.70. The van der Waals surface area contributed by atoms with Crippen LogP contribution in [0.4, 0.5) is 0 Å². The molecule has 1 aliphatic rings. The van der Waals surface area contributed by atoms with Crippen LogP contribution >= 0.6 is 22.9 Å². The number of halogens is 1. The lowest BCUT2D eigenvalue weighted by Gasteiger charge is -2.14. The molecule has 0 unspecified atom stereocenters. The first-order valence-electron chi connectivity index (χ1n) is 5.69. The number of hydrogen-bond donors (Lipinski definition) is 1. The van der Waals surface area contributed by atoms with Crippen molar-refractivity contribution in [2.45, 2.75) is 39.2 Å². The van der Waals surface area contributed by atoms with Crippen LogP contribution in [0.3, 0.4) is 0 Å². The number of rotatable bonds is 6. The lowest BCUT2D eigenvalue weighted by Crippen LogP contribution is -2.23. The van der Waals surface area contributed by atoms with Gasteiger partial charge in [0.15, 0.2) is 0 Å². The third-order valence-electron chi connectivity index (χ3n) is 3.17. The molecule has 1 aromatic rings. The van der Waals surface area contributed by atoms with E-state index >= 15 is 0 Å². The summed E-state index contributed by atoms with van der Waals surface area (Å²) >= 11 is 7.56. The van der Waals surface area contributed by atoms with E-state index in [1.807, 2.05) is 6.07 Å². The molecule has 1 saturated carbocycles. The van der Waals surface area contributed by atoms with E-state index in [0.717, 1.165) is 10.9 Å². The Morgan fingerprint density at radius 2 is 2.27 bits per heavy atom. The van der Waals surface area contributed by atoms with Crippen molar-refractivity contribution < 1.29 is 0 Å². The second-order valence-corrected chi connectivity index (χ2v) is 6.36. The molecule has 0 spiro atoms. The van der Waals surface area contributed by atoms with Crippen LogP contribution in [0.2, 0.25) is 4.34 Å². The van der Waals surface area contributed by atoms with Crippen molar-refractivity contribution in [1.29, 1.82) is 0 Å². The van der Waals surface area contributed by atoms with Gasteiger partial charge in [-0.25, -0.2) is 0 Å². The molecule has 2 rings (SSSR count). The zero-order valence-corrected chi connectivity index (χ0v) is 10.8. The smallest absolute Gasteiger partial charge is 0.0931 e. The molecule has 84 valence electrons. The van der Waals surface area contributed by atoms with Crippen molar-refractivity contribution in [3.8, 4) is 0 Å². The number of thiophene rings is 1. The Bertz CT molecular complexity index is 317. The molecule has 1 fully saturated rings. The summed E-state index contributed by atoms with van der Waals surface area (Å²) in [5.41, 5.74) is 0.649. The van der Waals surface area contributed by atoms with Crippen molar-refractivity contribution in [3.63, 3.8) is 0 Å². The van der Waals surface area contributed by atoms with Gasteiger partial charge in [0.2, 0.25) is 0 Å². The summed E-state index contributed by atoms with van der Waals surface area (Å²) in [6.45, 7) is 4.43. The third-order valence-corrected chi connectivity index (χ3v) is 4.40. The molecule has 0 aromatic carbocycles. The predicted molar refractivity (Wildman–Crippen MR) is 67.6 cm³/mol. The fourth-order valence-corrected chi connectivity index (χ4v) is 3.18. The van der Waals surface area contributed by atoms with Crippen LogP contribution in [0.5, 0.6) is 0 Å². The van der Waals surface area contributed by atoms with Crippen molar-refractivity contribution >= 4 is 22.9 Å². The highest BCUT2D eigenvalue weighted by Crippen LogP contribution is 2.48. The second-order valence-electron chi connectivity index (χ2n) is 4.56. The van der Waals surface area contributed by atoms with E-state index in [9.17, 15) is 0 Å². The van der Waals surface area contributed by atoms with Crippen LogP contribution in [-0.2, 0) is 6.54 Å². The van der Waals surface area contributed by atoms with E-state index < -0.39 is 0 Å². The molecule has 0 saturated heterocycles. The fourth-order valence-electron chi connectivity index (χ4n) is 2.12. The minimum atomic E-state index is 0.649. The van der Waals surface area contributed by atoms with Gasteiger partial charge < -0.3 is 5.32 Å². The van der Waals surface area contributed by atoms with Gasteiger partial charge in [0.1, 0.15) is 0 Å². The zero-order chi connectivity index (χ0) is 10.7. The molecule has 1 aromatic heterocycles. The second kappa shape index (κ2) is 4.86. The van der Waals surface area contributed by atoms with Crippen molar-refractivity contribution in [1.82, 2.24) is 5.32 Å². The molecular formula is C12H18ClNS. The first-order valence-corrected chi connectivity index (χ1v) is 6.88. The quantitative estimate of drug-likeness (QED) is 0.794. The van der Waals surface area contributed by atoms with E-state index in [2.05, 4.69) is 18.3 Å². The Balaban J connectivity index is 1.71. The summed E-state index contributed by atoms with van der Waals surface area (Å²) < 4.78 is 0.890. The molecule has 1 nitrogen and oxygen atoms in total. The van der Waals surface area contributed by atoms with Gasteiger partial charge in [-0.2, -0.15) is 0 Å². The first kappa shape index (κ1) is 11.4. The van der Waals surface area contributed by atoms with E-state index in [-0.39, 0.29) is 0 Å². The lowest BCUT2D eigenvalue weighted by molar-refractivity contribution is 0.422. The minimum Gasteiger partial charge on any atom is -0.311 e. The molecule has 1 N–H and O–H groups in total. The largest absolute Gasteiger partial charge is 0.311 e. The molecule has 1 aliphatic carbocycles. The van der Waals surface area contributed by atoms with Crippen molar-refractivity contribution in [2.24, 2.45) is 5.41 Å². The molecule has 0 atom stereocenters. The van der Waals surface area contributed by atoms with E-state index in [1.165, 1.54) is 37.1 Å². The van der Waals surface area contributed by atoms with Gasteiger partial charge in [-0.3, -0.25) is 0 Å². The molecule has 3 heteroatoms. The summed E-state index contributed by atoms with van der Waals surface area (Å²) in [5, 5.41) is 3.55. The molecule has 0 bridgehead atoms. The minimum absolute atomic E-state index is 0.649. The first-order chi connectivity index (χ1) is 7.24. The highest BCUT2D eigenvalue weighted by Gasteiger charge is 2.40. The summed E-state index contributed by atoms with van der Waals surface area (Å²) in [5.74, 6) is 0. The number of nitrogens with one attached hydrogen (secondary N) is 1.